The first-order valence-electron chi connectivity index (χ1n) is 7.77. The molecule has 0 fully saturated rings. The summed E-state index contributed by atoms with van der Waals surface area (Å²) in [5.74, 6) is 0.793. The smallest absolute Gasteiger partial charge is 0.119 e. The van der Waals surface area contributed by atoms with Gasteiger partial charge in [-0.2, -0.15) is 0 Å². The van der Waals surface area contributed by atoms with Crippen LogP contribution in [-0.4, -0.2) is 12.2 Å². The molecule has 3 heteroatoms. The van der Waals surface area contributed by atoms with Crippen LogP contribution in [0.4, 0.5) is 0 Å². The highest BCUT2D eigenvalue weighted by Crippen LogP contribution is 2.43. The van der Waals surface area contributed by atoms with E-state index >= 15 is 0 Å². The van der Waals surface area contributed by atoms with Crippen LogP contribution in [-0.2, 0) is 11.5 Å². The van der Waals surface area contributed by atoms with Gasteiger partial charge in [0.1, 0.15) is 10.6 Å². The van der Waals surface area contributed by atoms with Crippen molar-refractivity contribution < 1.29 is 9.84 Å². The van der Waals surface area contributed by atoms with Gasteiger partial charge in [-0.05, 0) is 34.4 Å². The van der Waals surface area contributed by atoms with Gasteiger partial charge in [-0.1, -0.05) is 66.7 Å². The average molecular weight is 339 g/mol. The van der Waals surface area contributed by atoms with E-state index in [4.69, 9.17) is 16.3 Å². The van der Waals surface area contributed by atoms with E-state index in [0.717, 1.165) is 28.0 Å². The normalized spacial score (nSPS) is 13.3. The summed E-state index contributed by atoms with van der Waals surface area (Å²) in [5, 5.41) is 9.28. The Labute approximate surface area is 147 Å². The van der Waals surface area contributed by atoms with E-state index < -0.39 is 4.87 Å². The Morgan fingerprint density at radius 2 is 1.29 bits per heavy atom. The number of hydrogen-bond acceptors (Lipinski definition) is 2. The summed E-state index contributed by atoms with van der Waals surface area (Å²) in [4.78, 5) is -0.804. The van der Waals surface area contributed by atoms with Gasteiger partial charge in [0.15, 0.2) is 0 Å². The Hall–Kier alpha value is -2.29. The van der Waals surface area contributed by atoms with Gasteiger partial charge in [0, 0.05) is 0 Å². The molecule has 0 amide bonds. The number of aliphatic hydroxyl groups excluding tert-OH is 1. The van der Waals surface area contributed by atoms with Gasteiger partial charge in [-0.15, -0.1) is 11.6 Å². The summed E-state index contributed by atoms with van der Waals surface area (Å²) < 4.78 is 5.25. The van der Waals surface area contributed by atoms with Crippen molar-refractivity contribution >= 4 is 11.6 Å². The number of aliphatic hydroxyl groups is 1. The van der Waals surface area contributed by atoms with Crippen molar-refractivity contribution in [2.75, 3.05) is 7.11 Å². The maximum Gasteiger partial charge on any atom is 0.119 e. The zero-order chi connectivity index (χ0) is 17.0. The Kier molecular flexibility index (Phi) is 4.89. The van der Waals surface area contributed by atoms with Crippen molar-refractivity contribution in [2.24, 2.45) is 0 Å². The summed E-state index contributed by atoms with van der Waals surface area (Å²) in [6.45, 7) is 0.0173. The largest absolute Gasteiger partial charge is 0.497 e. The van der Waals surface area contributed by atoms with Gasteiger partial charge in [-0.3, -0.25) is 0 Å². The number of benzene rings is 3. The predicted molar refractivity (Wildman–Crippen MR) is 97.5 cm³/mol. The van der Waals surface area contributed by atoms with Crippen molar-refractivity contribution in [2.45, 2.75) is 11.5 Å². The van der Waals surface area contributed by atoms with Crippen LogP contribution in [0, 0.1) is 0 Å². The molecule has 1 unspecified atom stereocenters. The van der Waals surface area contributed by atoms with Crippen LogP contribution in [0.15, 0.2) is 78.9 Å². The third-order valence-electron chi connectivity index (χ3n) is 4.19. The quantitative estimate of drug-likeness (QED) is 0.539. The topological polar surface area (TPSA) is 29.5 Å². The fraction of sp³-hybridized carbons (Fsp3) is 0.143. The predicted octanol–water partition coefficient (Wildman–Crippen LogP) is 4.72. The lowest BCUT2D eigenvalue weighted by Crippen LogP contribution is -2.22. The zero-order valence-corrected chi connectivity index (χ0v) is 14.2. The molecule has 1 atom stereocenters. The molecule has 24 heavy (non-hydrogen) atoms. The van der Waals surface area contributed by atoms with Crippen molar-refractivity contribution in [3.8, 4) is 5.75 Å². The molecule has 3 aromatic carbocycles. The third-order valence-corrected chi connectivity index (χ3v) is 4.85. The number of methoxy groups -OCH3 is 1. The Morgan fingerprint density at radius 3 is 1.79 bits per heavy atom. The molecule has 0 aliphatic rings. The van der Waals surface area contributed by atoms with Crippen LogP contribution < -0.4 is 4.74 Å². The molecule has 0 heterocycles. The van der Waals surface area contributed by atoms with E-state index in [0.29, 0.717) is 0 Å². The Balaban J connectivity index is 2.16. The molecule has 0 aliphatic carbocycles. The highest BCUT2D eigenvalue weighted by atomic mass is 35.5. The zero-order valence-electron chi connectivity index (χ0n) is 13.4. The molecule has 0 saturated carbocycles. The first-order chi connectivity index (χ1) is 11.7. The summed E-state index contributed by atoms with van der Waals surface area (Å²) in [6, 6.07) is 25.5. The second-order valence-corrected chi connectivity index (χ2v) is 6.17. The highest BCUT2D eigenvalue weighted by molar-refractivity contribution is 6.28. The molecular weight excluding hydrogens is 320 g/mol. The Bertz CT molecular complexity index is 733. The van der Waals surface area contributed by atoms with Gasteiger partial charge >= 0.3 is 0 Å². The Morgan fingerprint density at radius 1 is 0.792 bits per heavy atom. The minimum absolute atomic E-state index is 0.0173. The third kappa shape index (κ3) is 3.03. The number of rotatable bonds is 5. The minimum atomic E-state index is -0.804. The summed E-state index contributed by atoms with van der Waals surface area (Å²) in [6.07, 6.45) is 0. The van der Waals surface area contributed by atoms with E-state index in [9.17, 15) is 5.11 Å². The van der Waals surface area contributed by atoms with Crippen LogP contribution in [0.2, 0.25) is 0 Å². The molecule has 0 radical (unpaired) electrons. The number of alkyl halides is 1. The maximum atomic E-state index is 9.28. The molecule has 0 aliphatic heterocycles. The summed E-state index contributed by atoms with van der Waals surface area (Å²) >= 11 is 7.20. The molecule has 0 saturated heterocycles. The van der Waals surface area contributed by atoms with E-state index in [2.05, 4.69) is 0 Å². The van der Waals surface area contributed by atoms with Crippen molar-refractivity contribution in [1.29, 1.82) is 0 Å². The van der Waals surface area contributed by atoms with E-state index in [-0.39, 0.29) is 6.61 Å². The molecule has 0 spiro atoms. The van der Waals surface area contributed by atoms with E-state index in [1.165, 1.54) is 0 Å². The van der Waals surface area contributed by atoms with E-state index in [1.54, 1.807) is 7.11 Å². The lowest BCUT2D eigenvalue weighted by atomic mass is 9.84. The van der Waals surface area contributed by atoms with Gasteiger partial charge in [-0.25, -0.2) is 0 Å². The molecule has 1 N–H and O–H groups in total. The first kappa shape index (κ1) is 16.6. The van der Waals surface area contributed by atoms with E-state index in [1.807, 2.05) is 78.9 Å². The molecule has 122 valence electrons. The fourth-order valence-electron chi connectivity index (χ4n) is 2.83. The van der Waals surface area contributed by atoms with Gasteiger partial charge in [0.25, 0.3) is 0 Å². The van der Waals surface area contributed by atoms with Crippen LogP contribution >= 0.6 is 11.6 Å². The fourth-order valence-corrected chi connectivity index (χ4v) is 3.21. The maximum absolute atomic E-state index is 9.28. The minimum Gasteiger partial charge on any atom is -0.497 e. The molecule has 2 nitrogen and oxygen atoms in total. The average Bonchev–Trinajstić information content (AvgIpc) is 2.68. The van der Waals surface area contributed by atoms with Crippen molar-refractivity contribution in [3.05, 3.63) is 101 Å². The molecule has 0 aromatic heterocycles. The van der Waals surface area contributed by atoms with Gasteiger partial charge in [0.2, 0.25) is 0 Å². The van der Waals surface area contributed by atoms with Crippen molar-refractivity contribution in [1.82, 2.24) is 0 Å². The molecular formula is C21H19ClO2. The number of halogens is 1. The van der Waals surface area contributed by atoms with Gasteiger partial charge in [0.05, 0.1) is 13.7 Å². The summed E-state index contributed by atoms with van der Waals surface area (Å²) in [7, 11) is 1.65. The lowest BCUT2D eigenvalue weighted by molar-refractivity contribution is 0.282. The standard InChI is InChI=1S/C21H19ClO2/c1-24-20-13-11-19(12-14-20)21(22,17-5-3-2-4-6-17)18-9-7-16(15-23)8-10-18/h2-14,23H,15H2,1H3. The lowest BCUT2D eigenvalue weighted by Gasteiger charge is -2.29. The van der Waals surface area contributed by atoms with Crippen LogP contribution in [0.1, 0.15) is 22.3 Å². The molecule has 3 aromatic rings. The number of hydrogen-bond donors (Lipinski definition) is 1. The van der Waals surface area contributed by atoms with Gasteiger partial charge < -0.3 is 9.84 Å². The van der Waals surface area contributed by atoms with Crippen molar-refractivity contribution in [3.63, 3.8) is 0 Å². The highest BCUT2D eigenvalue weighted by Gasteiger charge is 2.33. The number of ether oxygens (including phenoxy) is 1. The second kappa shape index (κ2) is 7.08. The molecule has 3 rings (SSSR count). The van der Waals surface area contributed by atoms with Crippen LogP contribution in [0.3, 0.4) is 0 Å². The monoisotopic (exact) mass is 338 g/mol. The first-order valence-corrected chi connectivity index (χ1v) is 8.15. The second-order valence-electron chi connectivity index (χ2n) is 5.61. The summed E-state index contributed by atoms with van der Waals surface area (Å²) in [5.41, 5.74) is 3.78. The SMILES string of the molecule is COc1ccc(C(Cl)(c2ccccc2)c2ccc(CO)cc2)cc1. The molecule has 0 bridgehead atoms. The van der Waals surface area contributed by atoms with Crippen LogP contribution in [0.25, 0.3) is 0 Å². The van der Waals surface area contributed by atoms with Crippen LogP contribution in [0.5, 0.6) is 5.75 Å².